The van der Waals surface area contributed by atoms with E-state index in [0.717, 1.165) is 29.9 Å². The van der Waals surface area contributed by atoms with Crippen molar-refractivity contribution in [3.63, 3.8) is 0 Å². The molecule has 1 saturated heterocycles. The van der Waals surface area contributed by atoms with Crippen LogP contribution in [0.15, 0.2) is 36.1 Å². The van der Waals surface area contributed by atoms with Crippen molar-refractivity contribution in [2.24, 2.45) is 5.73 Å². The molecule has 1 aliphatic heterocycles. The van der Waals surface area contributed by atoms with Crippen LogP contribution in [0.1, 0.15) is 36.1 Å². The Morgan fingerprint density at radius 2 is 2.00 bits per heavy atom. The number of thiazole rings is 1. The molecule has 12 heteroatoms. The van der Waals surface area contributed by atoms with Gasteiger partial charge in [0.1, 0.15) is 5.60 Å². The van der Waals surface area contributed by atoms with Crippen LogP contribution in [0.3, 0.4) is 0 Å². The highest BCUT2D eigenvalue weighted by Crippen LogP contribution is 2.41. The lowest BCUT2D eigenvalue weighted by molar-refractivity contribution is -0.137. The van der Waals surface area contributed by atoms with Crippen LogP contribution in [0.25, 0.3) is 10.8 Å². The van der Waals surface area contributed by atoms with Crippen molar-refractivity contribution in [2.75, 3.05) is 24.5 Å². The second-order valence-electron chi connectivity index (χ2n) is 9.30. The molecule has 2 fully saturated rings. The summed E-state index contributed by atoms with van der Waals surface area (Å²) in [6.07, 6.45) is 1.54. The molecule has 3 N–H and O–H groups in total. The first-order valence-electron chi connectivity index (χ1n) is 11.4. The molecule has 0 atom stereocenters. The fraction of sp³-hybridized carbons (Fsp3) is 0.478. The number of hydrogen-bond acceptors (Lipinski definition) is 8. The number of amides is 1. The highest BCUT2D eigenvalue weighted by atomic mass is 32.1. The lowest BCUT2D eigenvalue weighted by Crippen LogP contribution is -2.64. The molecule has 2 aliphatic rings. The average molecular weight is 507 g/mol. The van der Waals surface area contributed by atoms with Crippen molar-refractivity contribution in [1.82, 2.24) is 20.1 Å². The first-order chi connectivity index (χ1) is 16.6. The van der Waals surface area contributed by atoms with Crippen LogP contribution in [-0.4, -0.2) is 62.8 Å². The minimum Gasteiger partial charge on any atom is -0.384 e. The van der Waals surface area contributed by atoms with Gasteiger partial charge in [-0.25, -0.2) is 0 Å². The van der Waals surface area contributed by atoms with E-state index in [1.807, 2.05) is 0 Å². The summed E-state index contributed by atoms with van der Waals surface area (Å²) in [5.74, 6) is -0.373. The van der Waals surface area contributed by atoms with E-state index in [1.54, 1.807) is 16.6 Å². The monoisotopic (exact) mass is 506 g/mol. The van der Waals surface area contributed by atoms with Gasteiger partial charge in [0.15, 0.2) is 5.82 Å². The molecule has 3 heterocycles. The van der Waals surface area contributed by atoms with Gasteiger partial charge in [0, 0.05) is 36.1 Å². The van der Waals surface area contributed by atoms with Gasteiger partial charge in [-0.2, -0.15) is 18.3 Å². The maximum atomic E-state index is 13.3. The van der Waals surface area contributed by atoms with Crippen LogP contribution < -0.4 is 10.6 Å². The van der Waals surface area contributed by atoms with E-state index in [2.05, 4.69) is 20.1 Å². The van der Waals surface area contributed by atoms with Crippen LogP contribution in [-0.2, 0) is 16.6 Å². The molecule has 3 aromatic rings. The zero-order valence-electron chi connectivity index (χ0n) is 18.8. The summed E-state index contributed by atoms with van der Waals surface area (Å²) in [6, 6.07) is 3.56. The van der Waals surface area contributed by atoms with Crippen molar-refractivity contribution in [3.05, 3.63) is 46.5 Å². The third-order valence-corrected chi connectivity index (χ3v) is 8.06. The number of fused-ring (bicyclic) bond motifs is 1. The maximum Gasteiger partial charge on any atom is 0.416 e. The first-order valence-corrected chi connectivity index (χ1v) is 12.2. The van der Waals surface area contributed by atoms with E-state index in [1.165, 1.54) is 23.6 Å². The van der Waals surface area contributed by atoms with Gasteiger partial charge in [-0.1, -0.05) is 6.07 Å². The fourth-order valence-electron chi connectivity index (χ4n) is 5.12. The molecule has 0 spiro atoms. The van der Waals surface area contributed by atoms with Gasteiger partial charge >= 0.3 is 6.18 Å². The van der Waals surface area contributed by atoms with Gasteiger partial charge < -0.3 is 15.7 Å². The van der Waals surface area contributed by atoms with Gasteiger partial charge in [-0.3, -0.25) is 14.7 Å². The third-order valence-electron chi connectivity index (χ3n) is 7.09. The number of benzene rings is 1. The Morgan fingerprint density at radius 1 is 1.26 bits per heavy atom. The van der Waals surface area contributed by atoms with E-state index in [-0.39, 0.29) is 29.8 Å². The molecule has 0 unspecified atom stereocenters. The number of anilines is 1. The molecule has 5 rings (SSSR count). The topological polar surface area (TPSA) is 108 Å². The summed E-state index contributed by atoms with van der Waals surface area (Å²) in [5.41, 5.74) is 5.59. The molecule has 186 valence electrons. The zero-order chi connectivity index (χ0) is 24.8. The molecule has 1 amide bonds. The van der Waals surface area contributed by atoms with Gasteiger partial charge in [-0.15, -0.1) is 16.4 Å². The highest BCUT2D eigenvalue weighted by Gasteiger charge is 2.43. The summed E-state index contributed by atoms with van der Waals surface area (Å²) in [4.78, 5) is 20.8. The van der Waals surface area contributed by atoms with Crippen molar-refractivity contribution in [3.8, 4) is 0 Å². The largest absolute Gasteiger partial charge is 0.416 e. The molecule has 8 nitrogen and oxygen atoms in total. The van der Waals surface area contributed by atoms with E-state index < -0.39 is 23.2 Å². The normalized spacial score (nSPS) is 23.8. The molecule has 1 aromatic carbocycles. The van der Waals surface area contributed by atoms with Gasteiger partial charge in [0.25, 0.3) is 0 Å². The molecule has 1 saturated carbocycles. The van der Waals surface area contributed by atoms with Crippen LogP contribution in [0.4, 0.5) is 19.0 Å². The van der Waals surface area contributed by atoms with Crippen LogP contribution in [0.2, 0.25) is 0 Å². The molecule has 2 aromatic heterocycles. The number of halogens is 3. The summed E-state index contributed by atoms with van der Waals surface area (Å²) >= 11 is 1.46. The third kappa shape index (κ3) is 4.69. The summed E-state index contributed by atoms with van der Waals surface area (Å²) in [6.45, 7) is 1.07. The van der Waals surface area contributed by atoms with Gasteiger partial charge in [-0.05, 0) is 37.8 Å². The minimum atomic E-state index is -4.50. The van der Waals surface area contributed by atoms with Crippen molar-refractivity contribution >= 4 is 33.8 Å². The average Bonchev–Trinajstić information content (AvgIpc) is 3.33. The maximum absolute atomic E-state index is 13.3. The molecular formula is C23H25F3N6O2S. The van der Waals surface area contributed by atoms with E-state index in [4.69, 9.17) is 5.73 Å². The number of likely N-dealkylation sites (tertiary alicyclic amines) is 1. The Hall–Kier alpha value is -2.83. The SMILES string of the molecule is NC(=O)CN(c1nncc2ccc(C(F)(F)F)cc12)C1CN(C2CCC(O)(c3cncs3)CC2)C1. The smallest absolute Gasteiger partial charge is 0.384 e. The Morgan fingerprint density at radius 3 is 2.63 bits per heavy atom. The molecule has 35 heavy (non-hydrogen) atoms. The van der Waals surface area contributed by atoms with Crippen LogP contribution >= 0.6 is 11.3 Å². The van der Waals surface area contributed by atoms with E-state index in [9.17, 15) is 23.1 Å². The number of alkyl halides is 3. The highest BCUT2D eigenvalue weighted by molar-refractivity contribution is 7.09. The summed E-state index contributed by atoms with van der Waals surface area (Å²) in [7, 11) is 0. The van der Waals surface area contributed by atoms with Crippen LogP contribution in [0.5, 0.6) is 0 Å². The first kappa shape index (κ1) is 23.9. The second-order valence-corrected chi connectivity index (χ2v) is 10.2. The number of carbonyl (C=O) groups excluding carboxylic acids is 1. The molecular weight excluding hydrogens is 481 g/mol. The van der Waals surface area contributed by atoms with Gasteiger partial charge in [0.2, 0.25) is 5.91 Å². The number of nitrogens with two attached hydrogens (primary N) is 1. The van der Waals surface area contributed by atoms with Crippen molar-refractivity contribution in [2.45, 2.75) is 49.5 Å². The lowest BCUT2D eigenvalue weighted by atomic mass is 9.80. The number of nitrogens with zero attached hydrogens (tertiary/aromatic N) is 5. The molecule has 0 radical (unpaired) electrons. The number of aliphatic hydroxyl groups is 1. The Balaban J connectivity index is 1.32. The Kier molecular flexibility index (Phi) is 6.14. The van der Waals surface area contributed by atoms with E-state index in [0.29, 0.717) is 31.3 Å². The standard InChI is InChI=1S/C23H25F3N6O2S/c24-23(25,26)15-2-1-14-8-29-30-21(18(14)7-15)32(12-20(27)33)17-10-31(11-17)16-3-5-22(34,6-4-16)19-9-28-13-35-19/h1-2,7-9,13,16-17,34H,3-6,10-12H2,(H2,27,33). The van der Waals surface area contributed by atoms with Crippen molar-refractivity contribution in [1.29, 1.82) is 0 Å². The predicted octanol–water partition coefficient (Wildman–Crippen LogP) is 2.91. The minimum absolute atomic E-state index is 0.140. The summed E-state index contributed by atoms with van der Waals surface area (Å²) < 4.78 is 40.0. The van der Waals surface area contributed by atoms with Crippen molar-refractivity contribution < 1.29 is 23.1 Å². The number of carbonyl (C=O) groups is 1. The predicted molar refractivity (Wildman–Crippen MR) is 125 cm³/mol. The number of hydrogen-bond donors (Lipinski definition) is 2. The zero-order valence-corrected chi connectivity index (χ0v) is 19.6. The van der Waals surface area contributed by atoms with E-state index >= 15 is 0 Å². The Labute approximate surface area is 203 Å². The second kappa shape index (κ2) is 8.99. The molecule has 1 aliphatic carbocycles. The summed E-state index contributed by atoms with van der Waals surface area (Å²) in [5, 5.41) is 19.8. The number of primary amides is 1. The Bertz CT molecular complexity index is 1210. The van der Waals surface area contributed by atoms with Crippen LogP contribution in [0, 0.1) is 0 Å². The quantitative estimate of drug-likeness (QED) is 0.529. The number of rotatable bonds is 6. The lowest BCUT2D eigenvalue weighted by Gasteiger charge is -2.51. The molecule has 0 bridgehead atoms. The fourth-order valence-corrected chi connectivity index (χ4v) is 5.90. The van der Waals surface area contributed by atoms with Gasteiger partial charge in [0.05, 0.1) is 34.7 Å². The number of aromatic nitrogens is 3.